The Kier molecular flexibility index (Phi) is 7.78. The smallest absolute Gasteiger partial charge is 0.264 e. The second-order valence-electron chi connectivity index (χ2n) is 6.99. The van der Waals surface area contributed by atoms with Crippen molar-refractivity contribution in [3.8, 4) is 17.2 Å². The Morgan fingerprint density at radius 1 is 0.848 bits per heavy atom. The number of rotatable bonds is 10. The first-order valence-corrected chi connectivity index (χ1v) is 11.5. The lowest BCUT2D eigenvalue weighted by Crippen LogP contribution is -2.40. The van der Waals surface area contributed by atoms with E-state index in [-0.39, 0.29) is 11.4 Å². The third kappa shape index (κ3) is 5.75. The van der Waals surface area contributed by atoms with Crippen LogP contribution in [0.5, 0.6) is 17.2 Å². The summed E-state index contributed by atoms with van der Waals surface area (Å²) >= 11 is 0. The van der Waals surface area contributed by atoms with E-state index in [1.807, 2.05) is 0 Å². The first kappa shape index (κ1) is 23.9. The molecule has 0 aliphatic heterocycles. The molecule has 0 radical (unpaired) electrons. The molecular formula is C24H26N2O6S. The van der Waals surface area contributed by atoms with E-state index in [9.17, 15) is 13.2 Å². The van der Waals surface area contributed by atoms with E-state index in [1.54, 1.807) is 67.8 Å². The highest BCUT2D eigenvalue weighted by atomic mass is 32.2. The molecule has 3 rings (SSSR count). The molecule has 0 aliphatic rings. The van der Waals surface area contributed by atoms with Gasteiger partial charge in [0.25, 0.3) is 10.0 Å². The summed E-state index contributed by atoms with van der Waals surface area (Å²) < 4.78 is 43.4. The quantitative estimate of drug-likeness (QED) is 0.489. The lowest BCUT2D eigenvalue weighted by molar-refractivity contribution is -0.119. The van der Waals surface area contributed by atoms with Crippen LogP contribution in [0.3, 0.4) is 0 Å². The summed E-state index contributed by atoms with van der Waals surface area (Å²) in [4.78, 5) is 12.9. The Hall–Kier alpha value is -3.72. The monoisotopic (exact) mass is 470 g/mol. The third-order valence-corrected chi connectivity index (χ3v) is 6.70. The van der Waals surface area contributed by atoms with E-state index in [0.29, 0.717) is 22.9 Å². The van der Waals surface area contributed by atoms with Crippen molar-refractivity contribution in [2.24, 2.45) is 0 Å². The van der Waals surface area contributed by atoms with Gasteiger partial charge >= 0.3 is 0 Å². The van der Waals surface area contributed by atoms with Gasteiger partial charge < -0.3 is 19.5 Å². The van der Waals surface area contributed by atoms with E-state index in [0.717, 1.165) is 9.87 Å². The molecule has 0 aromatic heterocycles. The van der Waals surface area contributed by atoms with E-state index in [4.69, 9.17) is 14.2 Å². The number of anilines is 1. The number of benzene rings is 3. The van der Waals surface area contributed by atoms with Crippen molar-refractivity contribution in [2.75, 3.05) is 32.2 Å². The highest BCUT2D eigenvalue weighted by Gasteiger charge is 2.27. The molecule has 0 saturated heterocycles. The zero-order valence-electron chi connectivity index (χ0n) is 18.6. The van der Waals surface area contributed by atoms with Crippen LogP contribution >= 0.6 is 0 Å². The maximum atomic E-state index is 13.3. The van der Waals surface area contributed by atoms with Crippen molar-refractivity contribution in [1.82, 2.24) is 5.32 Å². The Labute approximate surface area is 193 Å². The average Bonchev–Trinajstić information content (AvgIpc) is 2.86. The lowest BCUT2D eigenvalue weighted by atomic mass is 10.2. The Balaban J connectivity index is 1.81. The molecular weight excluding hydrogens is 444 g/mol. The number of nitrogens with zero attached hydrogens (tertiary/aromatic N) is 1. The van der Waals surface area contributed by atoms with Gasteiger partial charge in [-0.05, 0) is 54.1 Å². The molecule has 3 aromatic rings. The molecule has 0 bridgehead atoms. The van der Waals surface area contributed by atoms with Gasteiger partial charge in [-0.3, -0.25) is 9.10 Å². The van der Waals surface area contributed by atoms with Gasteiger partial charge in [0.2, 0.25) is 5.91 Å². The molecule has 8 nitrogen and oxygen atoms in total. The fraction of sp³-hybridized carbons (Fsp3) is 0.208. The number of ether oxygens (including phenoxy) is 3. The van der Waals surface area contributed by atoms with Crippen LogP contribution in [0.2, 0.25) is 0 Å². The summed E-state index contributed by atoms with van der Waals surface area (Å²) in [6.45, 7) is -0.197. The molecule has 0 spiro atoms. The molecule has 9 heteroatoms. The van der Waals surface area contributed by atoms with E-state index >= 15 is 0 Å². The van der Waals surface area contributed by atoms with Gasteiger partial charge in [-0.25, -0.2) is 8.42 Å². The van der Waals surface area contributed by atoms with Crippen LogP contribution in [0.15, 0.2) is 77.7 Å². The van der Waals surface area contributed by atoms with Crippen LogP contribution in [-0.2, 0) is 21.4 Å². The normalized spacial score (nSPS) is 10.9. The highest BCUT2D eigenvalue weighted by molar-refractivity contribution is 7.92. The molecule has 3 aromatic carbocycles. The first-order chi connectivity index (χ1) is 15.9. The number of nitrogens with one attached hydrogen (secondary N) is 1. The summed E-state index contributed by atoms with van der Waals surface area (Å²) in [6, 6.07) is 19.8. The summed E-state index contributed by atoms with van der Waals surface area (Å²) in [5.74, 6) is 1.23. The molecule has 0 fully saturated rings. The predicted octanol–water partition coefficient (Wildman–Crippen LogP) is 3.22. The van der Waals surface area contributed by atoms with Gasteiger partial charge in [-0.2, -0.15) is 0 Å². The topological polar surface area (TPSA) is 94.2 Å². The SMILES string of the molecule is COc1ccc(N(CC(=O)NCc2ccc(OC)c(OC)c2)S(=O)(=O)c2ccccc2)cc1. The number of sulfonamides is 1. The summed E-state index contributed by atoms with van der Waals surface area (Å²) in [5, 5.41) is 2.77. The largest absolute Gasteiger partial charge is 0.497 e. The third-order valence-electron chi connectivity index (χ3n) is 4.92. The summed E-state index contributed by atoms with van der Waals surface area (Å²) in [5.41, 5.74) is 1.13. The summed E-state index contributed by atoms with van der Waals surface area (Å²) in [6.07, 6.45) is 0. The molecule has 0 saturated carbocycles. The fourth-order valence-corrected chi connectivity index (χ4v) is 4.60. The lowest BCUT2D eigenvalue weighted by Gasteiger charge is -2.24. The maximum Gasteiger partial charge on any atom is 0.264 e. The molecule has 174 valence electrons. The second kappa shape index (κ2) is 10.7. The molecule has 0 unspecified atom stereocenters. The number of carbonyl (C=O) groups excluding carboxylic acids is 1. The minimum Gasteiger partial charge on any atom is -0.497 e. The number of methoxy groups -OCH3 is 3. The molecule has 1 amide bonds. The van der Waals surface area contributed by atoms with Gasteiger partial charge in [0.15, 0.2) is 11.5 Å². The van der Waals surface area contributed by atoms with Crippen LogP contribution < -0.4 is 23.8 Å². The van der Waals surface area contributed by atoms with Crippen molar-refractivity contribution in [3.05, 3.63) is 78.4 Å². The van der Waals surface area contributed by atoms with Crippen molar-refractivity contribution in [3.63, 3.8) is 0 Å². The zero-order valence-corrected chi connectivity index (χ0v) is 19.5. The van der Waals surface area contributed by atoms with Crippen LogP contribution in [-0.4, -0.2) is 42.2 Å². The molecule has 33 heavy (non-hydrogen) atoms. The average molecular weight is 471 g/mol. The van der Waals surface area contributed by atoms with Crippen LogP contribution in [0.25, 0.3) is 0 Å². The van der Waals surface area contributed by atoms with E-state index < -0.39 is 22.5 Å². The van der Waals surface area contributed by atoms with Gasteiger partial charge in [-0.15, -0.1) is 0 Å². The van der Waals surface area contributed by atoms with Crippen LogP contribution in [0.4, 0.5) is 5.69 Å². The number of hydrogen-bond donors (Lipinski definition) is 1. The van der Waals surface area contributed by atoms with Crippen molar-refractivity contribution in [2.45, 2.75) is 11.4 Å². The minimum atomic E-state index is -3.98. The predicted molar refractivity (Wildman–Crippen MR) is 125 cm³/mol. The Morgan fingerprint density at radius 2 is 1.52 bits per heavy atom. The molecule has 0 atom stereocenters. The van der Waals surface area contributed by atoms with Gasteiger partial charge in [-0.1, -0.05) is 24.3 Å². The van der Waals surface area contributed by atoms with Crippen LogP contribution in [0, 0.1) is 0 Å². The van der Waals surface area contributed by atoms with Crippen molar-refractivity contribution >= 4 is 21.6 Å². The number of hydrogen-bond acceptors (Lipinski definition) is 6. The van der Waals surface area contributed by atoms with E-state index in [1.165, 1.54) is 26.4 Å². The maximum absolute atomic E-state index is 13.3. The summed E-state index contributed by atoms with van der Waals surface area (Å²) in [7, 11) is 0.618. The van der Waals surface area contributed by atoms with Gasteiger partial charge in [0.05, 0.1) is 31.9 Å². The number of carbonyl (C=O) groups is 1. The molecule has 0 heterocycles. The highest BCUT2D eigenvalue weighted by Crippen LogP contribution is 2.28. The second-order valence-corrected chi connectivity index (χ2v) is 8.85. The molecule has 0 aliphatic carbocycles. The molecule has 1 N–H and O–H groups in total. The minimum absolute atomic E-state index is 0.0912. The van der Waals surface area contributed by atoms with E-state index in [2.05, 4.69) is 5.32 Å². The Bertz CT molecular complexity index is 1180. The number of amides is 1. The van der Waals surface area contributed by atoms with Gasteiger partial charge in [0.1, 0.15) is 12.3 Å². The van der Waals surface area contributed by atoms with Gasteiger partial charge in [0, 0.05) is 6.54 Å². The fourth-order valence-electron chi connectivity index (χ4n) is 3.16. The zero-order chi connectivity index (χ0) is 23.8. The van der Waals surface area contributed by atoms with Crippen molar-refractivity contribution in [1.29, 1.82) is 0 Å². The standard InChI is InChI=1S/C24H26N2O6S/c1-30-20-12-10-19(11-13-20)26(33(28,29)21-7-5-4-6-8-21)17-24(27)25-16-18-9-14-22(31-2)23(15-18)32-3/h4-15H,16-17H2,1-3H3,(H,25,27). The van der Waals surface area contributed by atoms with Crippen molar-refractivity contribution < 1.29 is 27.4 Å². The van der Waals surface area contributed by atoms with Crippen LogP contribution in [0.1, 0.15) is 5.56 Å². The Morgan fingerprint density at radius 3 is 2.12 bits per heavy atom. The first-order valence-electron chi connectivity index (χ1n) is 10.1.